The topological polar surface area (TPSA) is 0 Å². The summed E-state index contributed by atoms with van der Waals surface area (Å²) in [5, 5.41) is 0. The number of halogens is 2. The Kier molecular flexibility index (Phi) is 11.7. The van der Waals surface area contributed by atoms with Gasteiger partial charge in [0.15, 0.2) is 0 Å². The van der Waals surface area contributed by atoms with E-state index in [1.165, 1.54) is 33.4 Å². The zero-order valence-corrected chi connectivity index (χ0v) is 33.8. The van der Waals surface area contributed by atoms with Crippen molar-refractivity contribution in [1.29, 1.82) is 0 Å². The minimum absolute atomic E-state index is 0. The molecule has 1 atom stereocenters. The number of hydrogen-bond acceptors (Lipinski definition) is 0. The van der Waals surface area contributed by atoms with Gasteiger partial charge >= 0.3 is 272 Å². The second kappa shape index (κ2) is 13.9. The molecule has 2 aliphatic rings. The van der Waals surface area contributed by atoms with E-state index < -0.39 is 21.3 Å². The fourth-order valence-corrected chi connectivity index (χ4v) is 16.5. The van der Waals surface area contributed by atoms with Crippen LogP contribution in [0.4, 0.5) is 0 Å². The number of benzene rings is 3. The summed E-state index contributed by atoms with van der Waals surface area (Å²) in [6.07, 6.45) is 5.94. The molecular formula is C42H54Cl2Zr. The van der Waals surface area contributed by atoms with Crippen LogP contribution in [-0.2, 0) is 38.5 Å². The van der Waals surface area contributed by atoms with Crippen LogP contribution in [0.1, 0.15) is 124 Å². The SMILES string of the molecule is CCC1=[C](/[Zr+2](=[C](\CC)c2ccccc2)[c]2cc(C(C)(C)C)cc3c2Cc2ccc(C(C)(C)C)cc2-3)C(C)C=C1C(C)(C)C.[Cl-].[Cl-]. The maximum Gasteiger partial charge on any atom is -1.00 e. The molecule has 240 valence electrons. The molecule has 0 spiro atoms. The van der Waals surface area contributed by atoms with Crippen molar-refractivity contribution >= 4 is 6.48 Å². The summed E-state index contributed by atoms with van der Waals surface area (Å²) in [7, 11) is 0. The van der Waals surface area contributed by atoms with E-state index in [0.29, 0.717) is 5.92 Å². The van der Waals surface area contributed by atoms with Gasteiger partial charge < -0.3 is 24.8 Å². The molecule has 0 nitrogen and oxygen atoms in total. The first-order chi connectivity index (χ1) is 20.1. The molecule has 0 N–H and O–H groups in total. The van der Waals surface area contributed by atoms with E-state index >= 15 is 0 Å². The Morgan fingerprint density at radius 3 is 1.87 bits per heavy atom. The summed E-state index contributed by atoms with van der Waals surface area (Å²) < 4.78 is 5.31. The first-order valence-corrected chi connectivity index (χ1v) is 20.3. The van der Waals surface area contributed by atoms with Crippen LogP contribution in [0, 0.1) is 11.3 Å². The second-order valence-corrected chi connectivity index (χ2v) is 22.0. The molecule has 45 heavy (non-hydrogen) atoms. The first-order valence-electron chi connectivity index (χ1n) is 16.6. The third-order valence-electron chi connectivity index (χ3n) is 9.75. The minimum atomic E-state index is -2.66. The maximum atomic E-state index is 2.70. The molecule has 0 aliphatic heterocycles. The molecule has 0 bridgehead atoms. The molecule has 5 rings (SSSR count). The zero-order valence-electron chi connectivity index (χ0n) is 29.8. The van der Waals surface area contributed by atoms with Crippen LogP contribution in [0.15, 0.2) is 81.2 Å². The summed E-state index contributed by atoms with van der Waals surface area (Å²) in [4.78, 5) is 0. The molecule has 0 radical (unpaired) electrons. The molecule has 2 aliphatic carbocycles. The average molecular weight is 721 g/mol. The molecule has 3 heteroatoms. The van der Waals surface area contributed by atoms with Gasteiger partial charge in [-0.3, -0.25) is 0 Å². The second-order valence-electron chi connectivity index (χ2n) is 16.0. The van der Waals surface area contributed by atoms with Crippen LogP contribution in [0.3, 0.4) is 0 Å². The smallest absolute Gasteiger partial charge is 1.00 e. The quantitative estimate of drug-likeness (QED) is 0.272. The van der Waals surface area contributed by atoms with Crippen molar-refractivity contribution in [3.63, 3.8) is 0 Å². The molecule has 0 heterocycles. The van der Waals surface area contributed by atoms with Gasteiger partial charge in [0.2, 0.25) is 0 Å². The van der Waals surface area contributed by atoms with Gasteiger partial charge in [0.25, 0.3) is 0 Å². The van der Waals surface area contributed by atoms with E-state index in [-0.39, 0.29) is 41.1 Å². The Balaban J connectivity index is 0.00000276. The van der Waals surface area contributed by atoms with E-state index in [1.807, 2.05) is 3.28 Å². The molecular weight excluding hydrogens is 667 g/mol. The molecule has 0 amide bonds. The van der Waals surface area contributed by atoms with Crippen LogP contribution in [0.25, 0.3) is 11.1 Å². The van der Waals surface area contributed by atoms with Gasteiger partial charge in [-0.15, -0.1) is 0 Å². The molecule has 0 saturated heterocycles. The Morgan fingerprint density at radius 1 is 0.733 bits per heavy atom. The van der Waals surface area contributed by atoms with Crippen molar-refractivity contribution in [2.75, 3.05) is 0 Å². The van der Waals surface area contributed by atoms with Crippen molar-refractivity contribution in [2.45, 2.75) is 113 Å². The van der Waals surface area contributed by atoms with Gasteiger partial charge in [-0.2, -0.15) is 0 Å². The van der Waals surface area contributed by atoms with E-state index in [9.17, 15) is 0 Å². The Labute approximate surface area is 295 Å². The number of rotatable bonds is 5. The van der Waals surface area contributed by atoms with Crippen LogP contribution in [-0.4, -0.2) is 3.21 Å². The number of fused-ring (bicyclic) bond motifs is 3. The zero-order chi connectivity index (χ0) is 31.5. The van der Waals surface area contributed by atoms with Crippen molar-refractivity contribution in [1.82, 2.24) is 0 Å². The summed E-state index contributed by atoms with van der Waals surface area (Å²) in [6.45, 7) is 28.8. The van der Waals surface area contributed by atoms with E-state index in [2.05, 4.69) is 150 Å². The minimum Gasteiger partial charge on any atom is -1.00 e. The van der Waals surface area contributed by atoms with Gasteiger partial charge in [-0.05, 0) is 0 Å². The van der Waals surface area contributed by atoms with Crippen molar-refractivity contribution in [3.8, 4) is 11.1 Å². The van der Waals surface area contributed by atoms with Crippen LogP contribution in [0.5, 0.6) is 0 Å². The van der Waals surface area contributed by atoms with Crippen molar-refractivity contribution < 1.29 is 46.1 Å². The number of allylic oxidation sites excluding steroid dienone is 4. The Bertz CT molecular complexity index is 1650. The molecule has 1 unspecified atom stereocenters. The molecule has 0 aromatic heterocycles. The predicted molar refractivity (Wildman–Crippen MR) is 187 cm³/mol. The van der Waals surface area contributed by atoms with E-state index in [0.717, 1.165) is 19.3 Å². The van der Waals surface area contributed by atoms with Gasteiger partial charge in [0.05, 0.1) is 0 Å². The largest absolute Gasteiger partial charge is 1.00 e. The molecule has 3 aromatic rings. The molecule has 0 fully saturated rings. The monoisotopic (exact) mass is 718 g/mol. The Hall–Kier alpha value is -1.53. The van der Waals surface area contributed by atoms with Gasteiger partial charge in [-0.25, -0.2) is 0 Å². The Morgan fingerprint density at radius 2 is 1.33 bits per heavy atom. The van der Waals surface area contributed by atoms with Crippen LogP contribution < -0.4 is 28.1 Å². The molecule has 0 saturated carbocycles. The third-order valence-corrected chi connectivity index (χ3v) is 18.4. The van der Waals surface area contributed by atoms with Gasteiger partial charge in [-0.1, -0.05) is 0 Å². The predicted octanol–water partition coefficient (Wildman–Crippen LogP) is 5.02. The maximum absolute atomic E-state index is 2.70. The summed E-state index contributed by atoms with van der Waals surface area (Å²) in [5.74, 6) is 0.494. The average Bonchev–Trinajstić information content (AvgIpc) is 3.47. The van der Waals surface area contributed by atoms with Gasteiger partial charge in [0, 0.05) is 0 Å². The number of hydrogen-bond donors (Lipinski definition) is 0. The summed E-state index contributed by atoms with van der Waals surface area (Å²) in [5.41, 5.74) is 14.2. The summed E-state index contributed by atoms with van der Waals surface area (Å²) >= 11 is -2.66. The van der Waals surface area contributed by atoms with Gasteiger partial charge in [0.1, 0.15) is 0 Å². The molecule has 3 aromatic carbocycles. The third kappa shape index (κ3) is 7.32. The summed E-state index contributed by atoms with van der Waals surface area (Å²) in [6, 6.07) is 24.1. The van der Waals surface area contributed by atoms with Crippen LogP contribution in [0.2, 0.25) is 0 Å². The standard InChI is InChI=1S/C21H25.C12H19.C9H10.2ClH.Zr/c1-20(2,3)16-9-7-14-11-15-8-10-17(21(4,5)6)13-19(15)18(14)12-16;1-6-10-7-9(2)8-11(10)12(3,4)5;1-2-6-9-7-4-3-5-8-9;;;/h7,9-10,12-13H,11H2,1-6H3;8-9H,6H2,1-5H3;3-5,7-8H,2H2,1H3;2*1H;/q;;;;;+2/p-2. The van der Waals surface area contributed by atoms with Crippen molar-refractivity contribution in [2.24, 2.45) is 11.3 Å². The normalized spacial score (nSPS) is 16.4. The van der Waals surface area contributed by atoms with Crippen LogP contribution >= 0.6 is 0 Å². The first kappa shape index (κ1) is 37.9. The fourth-order valence-electron chi connectivity index (χ4n) is 7.35. The van der Waals surface area contributed by atoms with Crippen molar-refractivity contribution in [3.05, 3.63) is 109 Å². The fraction of sp³-hybridized carbons (Fsp3) is 0.452. The van der Waals surface area contributed by atoms with E-state index in [4.69, 9.17) is 0 Å². The van der Waals surface area contributed by atoms with E-state index in [1.54, 1.807) is 23.2 Å².